The minimum absolute atomic E-state index is 0.0147. The van der Waals surface area contributed by atoms with E-state index in [4.69, 9.17) is 5.11 Å². The largest absolute Gasteiger partial charge is 0.396 e. The van der Waals surface area contributed by atoms with Gasteiger partial charge in [-0.25, -0.2) is 13.2 Å². The van der Waals surface area contributed by atoms with Crippen molar-refractivity contribution in [3.63, 3.8) is 0 Å². The van der Waals surface area contributed by atoms with Crippen LogP contribution in [0.25, 0.3) is 0 Å². The van der Waals surface area contributed by atoms with Crippen molar-refractivity contribution in [2.75, 3.05) is 18.5 Å². The lowest BCUT2D eigenvalue weighted by Gasteiger charge is -2.05. The predicted octanol–water partition coefficient (Wildman–Crippen LogP) is 1.90. The van der Waals surface area contributed by atoms with Gasteiger partial charge in [-0.3, -0.25) is 0 Å². The van der Waals surface area contributed by atoms with Gasteiger partial charge in [-0.1, -0.05) is 0 Å². The summed E-state index contributed by atoms with van der Waals surface area (Å²) in [7, 11) is 0. The topological polar surface area (TPSA) is 32.3 Å². The summed E-state index contributed by atoms with van der Waals surface area (Å²) in [5.74, 6) is -3.93. The molecule has 0 aromatic heterocycles. The summed E-state index contributed by atoms with van der Waals surface area (Å²) >= 11 is 0. The summed E-state index contributed by atoms with van der Waals surface area (Å²) in [6.07, 6.45) is 0.459. The third kappa shape index (κ3) is 2.63. The maximum absolute atomic E-state index is 12.6. The highest BCUT2D eigenvalue weighted by Gasteiger charge is 2.09. The fraction of sp³-hybridized carbons (Fsp3) is 0.333. The zero-order valence-electron chi connectivity index (χ0n) is 7.36. The molecule has 0 saturated heterocycles. The molecule has 78 valence electrons. The van der Waals surface area contributed by atoms with Gasteiger partial charge in [0.25, 0.3) is 0 Å². The second-order valence-electron chi connectivity index (χ2n) is 2.76. The van der Waals surface area contributed by atoms with Crippen LogP contribution in [0.4, 0.5) is 18.9 Å². The van der Waals surface area contributed by atoms with Crippen LogP contribution in [0.5, 0.6) is 0 Å². The van der Waals surface area contributed by atoms with E-state index in [0.29, 0.717) is 13.0 Å². The molecule has 0 atom stereocenters. The maximum atomic E-state index is 12.6. The minimum atomic E-state index is -1.47. The zero-order valence-corrected chi connectivity index (χ0v) is 7.36. The number of hydrogen-bond donors (Lipinski definition) is 2. The van der Waals surface area contributed by atoms with Crippen LogP contribution in [0.1, 0.15) is 6.42 Å². The summed E-state index contributed by atoms with van der Waals surface area (Å²) < 4.78 is 37.8. The highest BCUT2D eigenvalue weighted by atomic mass is 19.2. The van der Waals surface area contributed by atoms with E-state index in [9.17, 15) is 13.2 Å². The molecule has 0 saturated carbocycles. The van der Waals surface area contributed by atoms with Gasteiger partial charge in [0.15, 0.2) is 17.5 Å². The molecule has 0 fully saturated rings. The summed E-state index contributed by atoms with van der Waals surface area (Å²) in [5.41, 5.74) is 0.162. The van der Waals surface area contributed by atoms with Crippen molar-refractivity contribution in [3.8, 4) is 0 Å². The second kappa shape index (κ2) is 4.85. The van der Waals surface area contributed by atoms with E-state index in [2.05, 4.69) is 5.32 Å². The molecule has 0 unspecified atom stereocenters. The number of aliphatic hydroxyl groups excluding tert-OH is 1. The van der Waals surface area contributed by atoms with Gasteiger partial charge < -0.3 is 10.4 Å². The summed E-state index contributed by atoms with van der Waals surface area (Å²) in [6, 6.07) is 1.74. The number of halogens is 3. The van der Waals surface area contributed by atoms with E-state index < -0.39 is 17.5 Å². The third-order valence-electron chi connectivity index (χ3n) is 1.65. The molecule has 1 rings (SSSR count). The molecule has 2 nitrogen and oxygen atoms in total. The molecule has 0 heterocycles. The lowest BCUT2D eigenvalue weighted by molar-refractivity contribution is 0.292. The van der Waals surface area contributed by atoms with Gasteiger partial charge in [0, 0.05) is 31.0 Å². The number of anilines is 1. The van der Waals surface area contributed by atoms with E-state index in [0.717, 1.165) is 12.1 Å². The molecule has 1 aromatic rings. The Morgan fingerprint density at radius 3 is 2.21 bits per heavy atom. The Hall–Kier alpha value is -1.23. The Labute approximate surface area is 79.4 Å². The minimum Gasteiger partial charge on any atom is -0.396 e. The quantitative estimate of drug-likeness (QED) is 0.581. The Balaban J connectivity index is 2.69. The van der Waals surface area contributed by atoms with E-state index in [1.807, 2.05) is 0 Å². The zero-order chi connectivity index (χ0) is 10.6. The summed E-state index contributed by atoms with van der Waals surface area (Å²) in [4.78, 5) is 0. The number of hydrogen-bond acceptors (Lipinski definition) is 2. The van der Waals surface area contributed by atoms with Gasteiger partial charge in [0.05, 0.1) is 0 Å². The fourth-order valence-electron chi connectivity index (χ4n) is 0.969. The van der Waals surface area contributed by atoms with Gasteiger partial charge in [0.1, 0.15) is 0 Å². The first-order chi connectivity index (χ1) is 6.65. The van der Waals surface area contributed by atoms with E-state index >= 15 is 0 Å². The van der Waals surface area contributed by atoms with Crippen molar-refractivity contribution in [1.82, 2.24) is 0 Å². The number of aliphatic hydroxyl groups is 1. The standard InChI is InChI=1S/C9H10F3NO/c10-7-4-6(13-2-1-3-14)5-8(11)9(7)12/h4-5,13-14H,1-3H2. The van der Waals surface area contributed by atoms with Crippen LogP contribution in [0.15, 0.2) is 12.1 Å². The third-order valence-corrected chi connectivity index (χ3v) is 1.65. The van der Waals surface area contributed by atoms with Gasteiger partial charge in [0.2, 0.25) is 0 Å². The Kier molecular flexibility index (Phi) is 3.76. The van der Waals surface area contributed by atoms with Crippen LogP contribution < -0.4 is 5.32 Å². The van der Waals surface area contributed by atoms with Crippen LogP contribution in [0.2, 0.25) is 0 Å². The van der Waals surface area contributed by atoms with Crippen molar-refractivity contribution in [1.29, 1.82) is 0 Å². The number of benzene rings is 1. The molecule has 0 spiro atoms. The Morgan fingerprint density at radius 1 is 1.14 bits per heavy atom. The first-order valence-electron chi connectivity index (χ1n) is 4.14. The smallest absolute Gasteiger partial charge is 0.194 e. The van der Waals surface area contributed by atoms with Gasteiger partial charge in [-0.2, -0.15) is 0 Å². The Morgan fingerprint density at radius 2 is 1.71 bits per heavy atom. The van der Waals surface area contributed by atoms with Crippen LogP contribution in [0.3, 0.4) is 0 Å². The van der Waals surface area contributed by atoms with E-state index in [1.54, 1.807) is 0 Å². The monoisotopic (exact) mass is 205 g/mol. The SMILES string of the molecule is OCCCNc1cc(F)c(F)c(F)c1. The molecule has 0 radical (unpaired) electrons. The first kappa shape index (κ1) is 10.8. The number of rotatable bonds is 4. The molecule has 1 aromatic carbocycles. The molecule has 5 heteroatoms. The predicted molar refractivity (Wildman–Crippen MR) is 46.5 cm³/mol. The fourth-order valence-corrected chi connectivity index (χ4v) is 0.969. The van der Waals surface area contributed by atoms with E-state index in [-0.39, 0.29) is 12.3 Å². The van der Waals surface area contributed by atoms with Crippen molar-refractivity contribution in [2.45, 2.75) is 6.42 Å². The molecule has 2 N–H and O–H groups in total. The van der Waals surface area contributed by atoms with Gasteiger partial charge in [-0.15, -0.1) is 0 Å². The highest BCUT2D eigenvalue weighted by molar-refractivity contribution is 5.43. The molecule has 0 aliphatic rings. The number of nitrogens with one attached hydrogen (secondary N) is 1. The van der Waals surface area contributed by atoms with Crippen LogP contribution >= 0.6 is 0 Å². The van der Waals surface area contributed by atoms with E-state index in [1.165, 1.54) is 0 Å². The Bertz CT molecular complexity index is 294. The lowest BCUT2D eigenvalue weighted by atomic mass is 10.3. The summed E-state index contributed by atoms with van der Waals surface area (Å²) in [5, 5.41) is 11.1. The maximum Gasteiger partial charge on any atom is 0.194 e. The second-order valence-corrected chi connectivity index (χ2v) is 2.76. The molecule has 0 aliphatic carbocycles. The van der Waals surface area contributed by atoms with Crippen LogP contribution in [-0.4, -0.2) is 18.3 Å². The molecule has 0 bridgehead atoms. The molecule has 0 aliphatic heterocycles. The average Bonchev–Trinajstić information content (AvgIpc) is 2.14. The van der Waals surface area contributed by atoms with Crippen molar-refractivity contribution in [2.24, 2.45) is 0 Å². The van der Waals surface area contributed by atoms with Crippen molar-refractivity contribution >= 4 is 5.69 Å². The van der Waals surface area contributed by atoms with Crippen LogP contribution in [-0.2, 0) is 0 Å². The molecular weight excluding hydrogens is 195 g/mol. The van der Waals surface area contributed by atoms with Crippen LogP contribution in [0, 0.1) is 17.5 Å². The molecule has 14 heavy (non-hydrogen) atoms. The molecule has 0 amide bonds. The van der Waals surface area contributed by atoms with Crippen molar-refractivity contribution < 1.29 is 18.3 Å². The highest BCUT2D eigenvalue weighted by Crippen LogP contribution is 2.16. The lowest BCUT2D eigenvalue weighted by Crippen LogP contribution is -2.05. The first-order valence-corrected chi connectivity index (χ1v) is 4.14. The normalized spacial score (nSPS) is 10.3. The van der Waals surface area contributed by atoms with Gasteiger partial charge in [-0.05, 0) is 6.42 Å². The summed E-state index contributed by atoms with van der Waals surface area (Å²) in [6.45, 7) is 0.361. The van der Waals surface area contributed by atoms with Crippen molar-refractivity contribution in [3.05, 3.63) is 29.6 Å². The molecular formula is C9H10F3NO. The average molecular weight is 205 g/mol. The van der Waals surface area contributed by atoms with Gasteiger partial charge >= 0.3 is 0 Å².